The van der Waals surface area contributed by atoms with E-state index in [4.69, 9.17) is 4.74 Å². The third kappa shape index (κ3) is 4.10. The molecule has 126 valence electrons. The van der Waals surface area contributed by atoms with Gasteiger partial charge in [-0.3, -0.25) is 4.99 Å². The fraction of sp³-hybridized carbons (Fsp3) is 0.625. The van der Waals surface area contributed by atoms with E-state index in [9.17, 15) is 4.39 Å². The minimum atomic E-state index is -0.269. The Bertz CT molecular complexity index is 547. The van der Waals surface area contributed by atoms with Crippen LogP contribution in [-0.4, -0.2) is 56.4 Å². The number of aromatic nitrogens is 1. The Morgan fingerprint density at radius 3 is 3.17 bits per heavy atom. The molecular weight excluding hydrogens is 297 g/mol. The summed E-state index contributed by atoms with van der Waals surface area (Å²) in [6.45, 7) is 3.12. The van der Waals surface area contributed by atoms with Gasteiger partial charge in [0.05, 0.1) is 6.10 Å². The molecule has 0 spiro atoms. The summed E-state index contributed by atoms with van der Waals surface area (Å²) in [5.41, 5.74) is 0. The topological polar surface area (TPSA) is 61.8 Å². The number of rotatable bonds is 4. The van der Waals surface area contributed by atoms with Crippen molar-refractivity contribution in [1.29, 1.82) is 0 Å². The molecule has 0 radical (unpaired) electrons. The van der Waals surface area contributed by atoms with Crippen molar-refractivity contribution < 1.29 is 9.13 Å². The highest BCUT2D eigenvalue weighted by molar-refractivity contribution is 5.80. The molecule has 3 heterocycles. The van der Waals surface area contributed by atoms with Gasteiger partial charge in [-0.1, -0.05) is 0 Å². The quantitative estimate of drug-likeness (QED) is 0.643. The minimum Gasteiger partial charge on any atom is -0.376 e. The maximum Gasteiger partial charge on any atom is 0.191 e. The Hall–Kier alpha value is -1.89. The molecule has 2 fully saturated rings. The van der Waals surface area contributed by atoms with E-state index >= 15 is 0 Å². The second kappa shape index (κ2) is 7.59. The lowest BCUT2D eigenvalue weighted by Gasteiger charge is -2.20. The predicted octanol–water partition coefficient (Wildman–Crippen LogP) is 1.14. The second-order valence-electron chi connectivity index (χ2n) is 5.97. The number of nitrogens with zero attached hydrogens (tertiary/aromatic N) is 3. The van der Waals surface area contributed by atoms with Gasteiger partial charge < -0.3 is 20.3 Å². The average Bonchev–Trinajstić information content (AvgIpc) is 3.23. The van der Waals surface area contributed by atoms with E-state index in [-0.39, 0.29) is 18.0 Å². The largest absolute Gasteiger partial charge is 0.376 e. The summed E-state index contributed by atoms with van der Waals surface area (Å²) in [4.78, 5) is 10.4. The number of anilines is 1. The zero-order valence-corrected chi connectivity index (χ0v) is 13.5. The summed E-state index contributed by atoms with van der Waals surface area (Å²) in [6, 6.07) is 3.29. The number of aliphatic imine (C=N–C) groups is 1. The first-order valence-corrected chi connectivity index (χ1v) is 8.20. The van der Waals surface area contributed by atoms with Crippen molar-refractivity contribution in [2.45, 2.75) is 31.4 Å². The van der Waals surface area contributed by atoms with E-state index < -0.39 is 0 Å². The van der Waals surface area contributed by atoms with Crippen LogP contribution in [0.2, 0.25) is 0 Å². The number of guanidine groups is 1. The molecule has 3 rings (SSSR count). The first-order valence-electron chi connectivity index (χ1n) is 8.20. The number of halogens is 1. The summed E-state index contributed by atoms with van der Waals surface area (Å²) >= 11 is 0. The number of hydrogen-bond acceptors (Lipinski definition) is 4. The maximum atomic E-state index is 13.8. The molecule has 0 amide bonds. The lowest BCUT2D eigenvalue weighted by molar-refractivity contribution is 0.113. The fourth-order valence-electron chi connectivity index (χ4n) is 3.08. The number of ether oxygens (including phenoxy) is 1. The highest BCUT2D eigenvalue weighted by Gasteiger charge is 2.26. The van der Waals surface area contributed by atoms with Crippen molar-refractivity contribution in [3.05, 3.63) is 24.1 Å². The molecule has 6 nitrogen and oxygen atoms in total. The third-order valence-electron chi connectivity index (χ3n) is 4.31. The third-order valence-corrected chi connectivity index (χ3v) is 4.31. The normalized spacial score (nSPS) is 25.0. The number of hydrogen-bond donors (Lipinski definition) is 2. The standard InChI is InChI=1S/C16H24FN5O/c1-18-16(20-10-13-4-3-9-23-13)21-12-6-8-22(11-12)15-14(17)5-2-7-19-15/h2,5,7,12-13H,3-4,6,8-11H2,1H3,(H2,18,20,21). The van der Waals surface area contributed by atoms with Crippen LogP contribution in [0.15, 0.2) is 23.3 Å². The molecule has 0 aromatic carbocycles. The number of pyridine rings is 1. The Kier molecular flexibility index (Phi) is 5.27. The van der Waals surface area contributed by atoms with Crippen molar-refractivity contribution in [3.63, 3.8) is 0 Å². The Morgan fingerprint density at radius 1 is 1.52 bits per heavy atom. The molecule has 2 aliphatic heterocycles. The van der Waals surface area contributed by atoms with Gasteiger partial charge in [-0.05, 0) is 31.4 Å². The van der Waals surface area contributed by atoms with Crippen LogP contribution in [-0.2, 0) is 4.74 Å². The maximum absolute atomic E-state index is 13.8. The smallest absolute Gasteiger partial charge is 0.191 e. The van der Waals surface area contributed by atoms with Crippen molar-refractivity contribution in [2.75, 3.05) is 38.2 Å². The van der Waals surface area contributed by atoms with Crippen molar-refractivity contribution in [3.8, 4) is 0 Å². The molecular formula is C16H24FN5O. The van der Waals surface area contributed by atoms with E-state index in [1.807, 2.05) is 4.90 Å². The lowest BCUT2D eigenvalue weighted by Crippen LogP contribution is -2.46. The minimum absolute atomic E-state index is 0.229. The Balaban J connectivity index is 1.49. The molecule has 0 aliphatic carbocycles. The molecule has 23 heavy (non-hydrogen) atoms. The summed E-state index contributed by atoms with van der Waals surface area (Å²) in [5, 5.41) is 6.71. The van der Waals surface area contributed by atoms with Crippen molar-refractivity contribution in [2.24, 2.45) is 4.99 Å². The molecule has 1 aromatic rings. The van der Waals surface area contributed by atoms with Crippen LogP contribution < -0.4 is 15.5 Å². The van der Waals surface area contributed by atoms with Crippen LogP contribution in [0, 0.1) is 5.82 Å². The molecule has 2 aliphatic rings. The SMILES string of the molecule is CN=C(NCC1CCCO1)NC1CCN(c2ncccc2F)C1. The van der Waals surface area contributed by atoms with Crippen molar-refractivity contribution >= 4 is 11.8 Å². The molecule has 2 atom stereocenters. The van der Waals surface area contributed by atoms with Gasteiger partial charge in [0.15, 0.2) is 17.6 Å². The zero-order valence-electron chi connectivity index (χ0n) is 13.5. The van der Waals surface area contributed by atoms with Crippen LogP contribution in [0.1, 0.15) is 19.3 Å². The predicted molar refractivity (Wildman–Crippen MR) is 88.3 cm³/mol. The van der Waals surface area contributed by atoms with E-state index in [0.29, 0.717) is 12.4 Å². The summed E-state index contributed by atoms with van der Waals surface area (Å²) in [7, 11) is 1.76. The molecule has 1 aromatic heterocycles. The van der Waals surface area contributed by atoms with Gasteiger partial charge in [0.2, 0.25) is 0 Å². The fourth-order valence-corrected chi connectivity index (χ4v) is 3.08. The van der Waals surface area contributed by atoms with Crippen LogP contribution in [0.25, 0.3) is 0 Å². The number of nitrogens with one attached hydrogen (secondary N) is 2. The highest BCUT2D eigenvalue weighted by atomic mass is 19.1. The van der Waals surface area contributed by atoms with Gasteiger partial charge in [0, 0.05) is 45.5 Å². The molecule has 2 N–H and O–H groups in total. The van der Waals surface area contributed by atoms with E-state index in [1.54, 1.807) is 19.3 Å². The lowest BCUT2D eigenvalue weighted by atomic mass is 10.2. The first kappa shape index (κ1) is 16.0. The second-order valence-corrected chi connectivity index (χ2v) is 5.97. The average molecular weight is 321 g/mol. The molecule has 2 unspecified atom stereocenters. The summed E-state index contributed by atoms with van der Waals surface area (Å²) in [5.74, 6) is 0.932. The van der Waals surface area contributed by atoms with E-state index in [1.165, 1.54) is 6.07 Å². The highest BCUT2D eigenvalue weighted by Crippen LogP contribution is 2.20. The zero-order chi connectivity index (χ0) is 16.1. The van der Waals surface area contributed by atoms with Gasteiger partial charge in [-0.2, -0.15) is 0 Å². The van der Waals surface area contributed by atoms with Gasteiger partial charge in [-0.25, -0.2) is 9.37 Å². The Morgan fingerprint density at radius 2 is 2.43 bits per heavy atom. The monoisotopic (exact) mass is 321 g/mol. The van der Waals surface area contributed by atoms with Crippen LogP contribution in [0.4, 0.5) is 10.2 Å². The molecule has 0 saturated carbocycles. The first-order chi connectivity index (χ1) is 11.3. The van der Waals surface area contributed by atoms with Gasteiger partial charge in [0.1, 0.15) is 0 Å². The van der Waals surface area contributed by atoms with E-state index in [0.717, 1.165) is 44.9 Å². The molecule has 7 heteroatoms. The molecule has 0 bridgehead atoms. The van der Waals surface area contributed by atoms with Gasteiger partial charge in [0.25, 0.3) is 0 Å². The molecule has 2 saturated heterocycles. The summed E-state index contributed by atoms with van der Waals surface area (Å²) in [6.07, 6.45) is 5.06. The van der Waals surface area contributed by atoms with E-state index in [2.05, 4.69) is 20.6 Å². The van der Waals surface area contributed by atoms with Crippen LogP contribution >= 0.6 is 0 Å². The van der Waals surface area contributed by atoms with Gasteiger partial charge >= 0.3 is 0 Å². The van der Waals surface area contributed by atoms with Crippen LogP contribution in [0.3, 0.4) is 0 Å². The van der Waals surface area contributed by atoms with Gasteiger partial charge in [-0.15, -0.1) is 0 Å². The van der Waals surface area contributed by atoms with Crippen LogP contribution in [0.5, 0.6) is 0 Å². The summed E-state index contributed by atoms with van der Waals surface area (Å²) < 4.78 is 19.4. The van der Waals surface area contributed by atoms with Crippen molar-refractivity contribution in [1.82, 2.24) is 15.6 Å². The Labute approximate surface area is 136 Å².